The molecule has 0 aliphatic heterocycles. The van der Waals surface area contributed by atoms with Gasteiger partial charge in [-0.1, -0.05) is 13.0 Å². The third-order valence-corrected chi connectivity index (χ3v) is 1.47. The molecule has 0 amide bonds. The first-order valence-corrected chi connectivity index (χ1v) is 3.78. The minimum Gasteiger partial charge on any atom is -0.238 e. The van der Waals surface area contributed by atoms with E-state index in [1.807, 2.05) is 25.1 Å². The molecule has 0 spiro atoms. The molecule has 0 unspecified atom stereocenters. The third kappa shape index (κ3) is 6.00. The average Bonchev–Trinajstić information content (AvgIpc) is 2.06. The van der Waals surface area contributed by atoms with Gasteiger partial charge >= 0.3 is 34.1 Å². The molecule has 1 aromatic heterocycles. The van der Waals surface area contributed by atoms with E-state index < -0.39 is 0 Å². The van der Waals surface area contributed by atoms with Gasteiger partial charge in [0.05, 0.1) is 0 Å². The Hall–Kier alpha value is -0.141. The number of aliphatic imine (C=N–C) groups is 1. The predicted molar refractivity (Wildman–Crippen MR) is 47.3 cm³/mol. The van der Waals surface area contributed by atoms with Crippen LogP contribution in [0.1, 0.15) is 20.3 Å². The van der Waals surface area contributed by atoms with E-state index >= 15 is 0 Å². The van der Waals surface area contributed by atoms with Crippen LogP contribution in [0.4, 0.5) is 5.82 Å². The largest absolute Gasteiger partial charge is 2.00 e. The van der Waals surface area contributed by atoms with Crippen molar-refractivity contribution in [2.24, 2.45) is 4.99 Å². The Kier molecular flexibility index (Phi) is 9.98. The molecule has 1 rings (SSSR count). The fourth-order valence-corrected chi connectivity index (χ4v) is 0.694. The molecular formula is C9H12Cu2N2+4. The molecule has 0 bridgehead atoms. The fraction of sp³-hybridized carbons (Fsp3) is 0.333. The summed E-state index contributed by atoms with van der Waals surface area (Å²) in [6.45, 7) is 4.09. The molecule has 0 saturated heterocycles. The van der Waals surface area contributed by atoms with Crippen LogP contribution >= 0.6 is 0 Å². The van der Waals surface area contributed by atoms with Gasteiger partial charge in [-0.3, -0.25) is 0 Å². The molecule has 1 heterocycles. The first kappa shape index (κ1) is 15.3. The van der Waals surface area contributed by atoms with Crippen LogP contribution in [0.25, 0.3) is 0 Å². The second kappa shape index (κ2) is 8.46. The van der Waals surface area contributed by atoms with Crippen LogP contribution in [0.5, 0.6) is 0 Å². The van der Waals surface area contributed by atoms with Gasteiger partial charge in [0, 0.05) is 11.9 Å². The van der Waals surface area contributed by atoms with Gasteiger partial charge < -0.3 is 0 Å². The van der Waals surface area contributed by atoms with Crippen molar-refractivity contribution in [3.8, 4) is 0 Å². The molecular weight excluding hydrogens is 263 g/mol. The van der Waals surface area contributed by atoms with Gasteiger partial charge in [0.1, 0.15) is 0 Å². The Morgan fingerprint density at radius 3 is 2.54 bits per heavy atom. The van der Waals surface area contributed by atoms with Crippen molar-refractivity contribution in [2.75, 3.05) is 0 Å². The van der Waals surface area contributed by atoms with Gasteiger partial charge in [-0.15, -0.1) is 0 Å². The molecule has 0 N–H and O–H groups in total. The number of hydrogen-bond acceptors (Lipinski definition) is 2. The van der Waals surface area contributed by atoms with Crippen molar-refractivity contribution in [2.45, 2.75) is 20.3 Å². The smallest absolute Gasteiger partial charge is 0.238 e. The minimum absolute atomic E-state index is 0. The van der Waals surface area contributed by atoms with Crippen LogP contribution in [0.15, 0.2) is 29.4 Å². The first-order chi connectivity index (χ1) is 5.33. The summed E-state index contributed by atoms with van der Waals surface area (Å²) >= 11 is 0. The second-order valence-corrected chi connectivity index (χ2v) is 2.39. The predicted octanol–water partition coefficient (Wildman–Crippen LogP) is 2.58. The Labute approximate surface area is 100 Å². The van der Waals surface area contributed by atoms with Crippen LogP contribution in [0.3, 0.4) is 0 Å². The molecule has 0 fully saturated rings. The van der Waals surface area contributed by atoms with Gasteiger partial charge in [0.2, 0.25) is 0 Å². The quantitative estimate of drug-likeness (QED) is 0.601. The number of hydrogen-bond donors (Lipinski definition) is 0. The molecule has 2 radical (unpaired) electrons. The van der Waals surface area contributed by atoms with E-state index in [2.05, 4.69) is 16.9 Å². The Bertz CT molecular complexity index is 247. The maximum atomic E-state index is 4.28. The maximum absolute atomic E-state index is 4.28. The molecule has 0 aliphatic rings. The van der Waals surface area contributed by atoms with Gasteiger partial charge in [-0.2, -0.15) is 0 Å². The van der Waals surface area contributed by atoms with Crippen molar-refractivity contribution >= 4 is 11.5 Å². The van der Waals surface area contributed by atoms with Crippen molar-refractivity contribution in [1.82, 2.24) is 4.98 Å². The zero-order chi connectivity index (χ0) is 8.10. The summed E-state index contributed by atoms with van der Waals surface area (Å²) in [7, 11) is 0. The topological polar surface area (TPSA) is 25.2 Å². The molecule has 0 saturated carbocycles. The summed E-state index contributed by atoms with van der Waals surface area (Å²) in [6.07, 6.45) is 2.73. The van der Waals surface area contributed by atoms with E-state index in [0.29, 0.717) is 0 Å². The Morgan fingerprint density at radius 2 is 2.08 bits per heavy atom. The summed E-state index contributed by atoms with van der Waals surface area (Å²) in [4.78, 5) is 8.36. The molecule has 0 atom stereocenters. The average molecular weight is 275 g/mol. The fourth-order valence-electron chi connectivity index (χ4n) is 0.694. The van der Waals surface area contributed by atoms with Crippen LogP contribution in [-0.4, -0.2) is 10.7 Å². The second-order valence-electron chi connectivity index (χ2n) is 2.39. The van der Waals surface area contributed by atoms with Gasteiger partial charge in [0.25, 0.3) is 0 Å². The van der Waals surface area contributed by atoms with Gasteiger partial charge in [0.15, 0.2) is 5.82 Å². The summed E-state index contributed by atoms with van der Waals surface area (Å²) in [5.74, 6) is 0.798. The molecule has 76 valence electrons. The Balaban J connectivity index is 0. The van der Waals surface area contributed by atoms with Gasteiger partial charge in [-0.05, 0) is 25.5 Å². The van der Waals surface area contributed by atoms with E-state index in [1.165, 1.54) is 0 Å². The number of rotatable bonds is 2. The van der Waals surface area contributed by atoms with Crippen molar-refractivity contribution in [3.05, 3.63) is 24.4 Å². The van der Waals surface area contributed by atoms with Crippen LogP contribution in [0, 0.1) is 0 Å². The summed E-state index contributed by atoms with van der Waals surface area (Å²) in [5.41, 5.74) is 1.11. The van der Waals surface area contributed by atoms with Crippen LogP contribution < -0.4 is 0 Å². The zero-order valence-corrected chi connectivity index (χ0v) is 9.40. The molecule has 0 aliphatic carbocycles. The standard InChI is InChI=1S/C9H12N2.2Cu/c1-3-8(2)11-9-6-4-5-7-10-9;;/h4-7H,3H2,1-2H3;;/q;2*+2/b11-8-;;. The van der Waals surface area contributed by atoms with Crippen molar-refractivity contribution in [3.63, 3.8) is 0 Å². The first-order valence-electron chi connectivity index (χ1n) is 3.78. The SMILES string of the molecule is CC/C(C)=N\c1ccccn1.[Cu+2].[Cu+2]. The van der Waals surface area contributed by atoms with E-state index in [0.717, 1.165) is 18.0 Å². The third-order valence-electron chi connectivity index (χ3n) is 1.47. The van der Waals surface area contributed by atoms with Crippen molar-refractivity contribution in [1.29, 1.82) is 0 Å². The normalized spacial score (nSPS) is 9.85. The monoisotopic (exact) mass is 274 g/mol. The van der Waals surface area contributed by atoms with Crippen LogP contribution in [0.2, 0.25) is 0 Å². The number of aromatic nitrogens is 1. The van der Waals surface area contributed by atoms with E-state index in [9.17, 15) is 0 Å². The molecule has 0 aromatic carbocycles. The van der Waals surface area contributed by atoms with E-state index in [4.69, 9.17) is 0 Å². The zero-order valence-electron chi connectivity index (χ0n) is 7.51. The molecule has 4 heteroatoms. The van der Waals surface area contributed by atoms with Crippen molar-refractivity contribution < 1.29 is 34.1 Å². The molecule has 2 nitrogen and oxygen atoms in total. The summed E-state index contributed by atoms with van der Waals surface area (Å²) < 4.78 is 0. The van der Waals surface area contributed by atoms with E-state index in [1.54, 1.807) is 6.20 Å². The number of nitrogens with zero attached hydrogens (tertiary/aromatic N) is 2. The van der Waals surface area contributed by atoms with E-state index in [-0.39, 0.29) is 34.1 Å². The minimum atomic E-state index is 0. The maximum Gasteiger partial charge on any atom is 2.00 e. The Morgan fingerprint density at radius 1 is 1.38 bits per heavy atom. The molecule has 13 heavy (non-hydrogen) atoms. The summed E-state index contributed by atoms with van der Waals surface area (Å²) in [5, 5.41) is 0. The van der Waals surface area contributed by atoms with Gasteiger partial charge in [-0.25, -0.2) is 9.98 Å². The van der Waals surface area contributed by atoms with Crippen LogP contribution in [-0.2, 0) is 34.1 Å². The summed E-state index contributed by atoms with van der Waals surface area (Å²) in [6, 6.07) is 5.73. The number of pyridine rings is 1. The molecule has 1 aromatic rings.